The van der Waals surface area contributed by atoms with Crippen LogP contribution in [0.25, 0.3) is 10.6 Å². The third-order valence-electron chi connectivity index (χ3n) is 3.56. The highest BCUT2D eigenvalue weighted by Gasteiger charge is 2.19. The number of nitrogens with one attached hydrogen (secondary N) is 1. The average Bonchev–Trinajstić information content (AvgIpc) is 3.12. The van der Waals surface area contributed by atoms with Crippen LogP contribution >= 0.6 is 11.3 Å². The van der Waals surface area contributed by atoms with Crippen LogP contribution < -0.4 is 4.72 Å². The molecule has 2 aromatic heterocycles. The number of hydrogen-bond donors (Lipinski definition) is 1. The van der Waals surface area contributed by atoms with Crippen LogP contribution in [0.5, 0.6) is 0 Å². The van der Waals surface area contributed by atoms with Crippen LogP contribution in [0.4, 0.5) is 5.69 Å². The zero-order valence-corrected chi connectivity index (χ0v) is 14.6. The lowest BCUT2D eigenvalue weighted by Crippen LogP contribution is -2.12. The van der Waals surface area contributed by atoms with Crippen molar-refractivity contribution in [3.63, 3.8) is 0 Å². The molecule has 1 N–H and O–H groups in total. The van der Waals surface area contributed by atoms with Crippen molar-refractivity contribution in [2.75, 3.05) is 4.72 Å². The Morgan fingerprint density at radius 1 is 1.13 bits per heavy atom. The molecule has 2 heterocycles. The highest BCUT2D eigenvalue weighted by atomic mass is 32.2. The molecule has 0 saturated heterocycles. The number of nitrogens with zero attached hydrogens (tertiary/aromatic N) is 1. The van der Waals surface area contributed by atoms with Crippen molar-refractivity contribution in [3.05, 3.63) is 53.5 Å². The van der Waals surface area contributed by atoms with Gasteiger partial charge in [0, 0.05) is 6.92 Å². The standard InChI is InChI=1S/C16H16N2O3S2/c1-10-5-4-6-13(11(10)2)18-23(19,20)16-8-7-15(22-16)14-9-17-12(3)21-14/h4-9,18H,1-3H3. The molecule has 1 aromatic carbocycles. The molecule has 0 unspecified atom stereocenters. The molecule has 23 heavy (non-hydrogen) atoms. The van der Waals surface area contributed by atoms with E-state index in [2.05, 4.69) is 9.71 Å². The van der Waals surface area contributed by atoms with E-state index in [1.807, 2.05) is 26.0 Å². The summed E-state index contributed by atoms with van der Waals surface area (Å²) in [6, 6.07) is 8.84. The van der Waals surface area contributed by atoms with E-state index in [1.54, 1.807) is 31.3 Å². The van der Waals surface area contributed by atoms with Crippen molar-refractivity contribution < 1.29 is 12.8 Å². The Hall–Kier alpha value is -2.12. The summed E-state index contributed by atoms with van der Waals surface area (Å²) in [6.07, 6.45) is 1.59. The van der Waals surface area contributed by atoms with Gasteiger partial charge in [-0.25, -0.2) is 13.4 Å². The van der Waals surface area contributed by atoms with Crippen LogP contribution in [0.2, 0.25) is 0 Å². The molecule has 0 aliphatic carbocycles. The van der Waals surface area contributed by atoms with Gasteiger partial charge in [-0.2, -0.15) is 0 Å². The number of aryl methyl sites for hydroxylation is 2. The largest absolute Gasteiger partial charge is 0.440 e. The van der Waals surface area contributed by atoms with E-state index in [-0.39, 0.29) is 4.21 Å². The fraction of sp³-hybridized carbons (Fsp3) is 0.188. The lowest BCUT2D eigenvalue weighted by Gasteiger charge is -2.10. The Morgan fingerprint density at radius 3 is 2.61 bits per heavy atom. The lowest BCUT2D eigenvalue weighted by molar-refractivity contribution is 0.535. The second-order valence-corrected chi connectivity index (χ2v) is 8.21. The number of hydrogen-bond acceptors (Lipinski definition) is 5. The minimum absolute atomic E-state index is 0.238. The molecule has 0 amide bonds. The van der Waals surface area contributed by atoms with Gasteiger partial charge in [0.05, 0.1) is 16.8 Å². The SMILES string of the molecule is Cc1ncc(-c2ccc(S(=O)(=O)Nc3cccc(C)c3C)s2)o1. The predicted octanol–water partition coefficient (Wildman–Crippen LogP) is 4.13. The second kappa shape index (κ2) is 5.82. The first-order valence-corrected chi connectivity index (χ1v) is 9.28. The number of benzene rings is 1. The highest BCUT2D eigenvalue weighted by molar-refractivity contribution is 7.94. The van der Waals surface area contributed by atoms with Gasteiger partial charge in [-0.15, -0.1) is 11.3 Å². The van der Waals surface area contributed by atoms with Crippen molar-refractivity contribution in [2.45, 2.75) is 25.0 Å². The Bertz CT molecular complexity index is 955. The van der Waals surface area contributed by atoms with Gasteiger partial charge < -0.3 is 4.42 Å². The molecule has 0 saturated carbocycles. The first-order chi connectivity index (χ1) is 10.9. The second-order valence-electron chi connectivity index (χ2n) is 5.22. The molecule has 120 valence electrons. The molecule has 0 radical (unpaired) electrons. The maximum absolute atomic E-state index is 12.6. The number of anilines is 1. The number of oxazole rings is 1. The molecule has 0 bridgehead atoms. The first kappa shape index (κ1) is 15.8. The van der Waals surface area contributed by atoms with Crippen molar-refractivity contribution >= 4 is 27.0 Å². The molecule has 0 aliphatic rings. The van der Waals surface area contributed by atoms with Crippen LogP contribution in [0, 0.1) is 20.8 Å². The van der Waals surface area contributed by atoms with Gasteiger partial charge in [0.15, 0.2) is 11.7 Å². The van der Waals surface area contributed by atoms with Gasteiger partial charge in [0.25, 0.3) is 10.0 Å². The molecule has 0 atom stereocenters. The van der Waals surface area contributed by atoms with E-state index in [9.17, 15) is 8.42 Å². The van der Waals surface area contributed by atoms with Crippen LogP contribution in [-0.2, 0) is 10.0 Å². The van der Waals surface area contributed by atoms with Crippen molar-refractivity contribution in [1.29, 1.82) is 0 Å². The highest BCUT2D eigenvalue weighted by Crippen LogP contribution is 2.32. The van der Waals surface area contributed by atoms with Gasteiger partial charge in [-0.3, -0.25) is 4.72 Å². The summed E-state index contributed by atoms with van der Waals surface area (Å²) < 4.78 is 33.5. The van der Waals surface area contributed by atoms with Crippen LogP contribution in [0.1, 0.15) is 17.0 Å². The summed E-state index contributed by atoms with van der Waals surface area (Å²) in [6.45, 7) is 5.59. The molecular formula is C16H16N2O3S2. The van der Waals surface area contributed by atoms with Crippen molar-refractivity contribution in [2.24, 2.45) is 0 Å². The molecule has 0 spiro atoms. The Morgan fingerprint density at radius 2 is 1.91 bits per heavy atom. The Balaban J connectivity index is 1.91. The van der Waals surface area contributed by atoms with E-state index >= 15 is 0 Å². The van der Waals surface area contributed by atoms with E-state index < -0.39 is 10.0 Å². The Labute approximate surface area is 139 Å². The fourth-order valence-electron chi connectivity index (χ4n) is 2.13. The summed E-state index contributed by atoms with van der Waals surface area (Å²) in [5.74, 6) is 1.12. The fourth-order valence-corrected chi connectivity index (χ4v) is 4.50. The summed E-state index contributed by atoms with van der Waals surface area (Å²) in [4.78, 5) is 4.76. The van der Waals surface area contributed by atoms with Crippen LogP contribution in [-0.4, -0.2) is 13.4 Å². The van der Waals surface area contributed by atoms with E-state index in [0.29, 0.717) is 17.3 Å². The predicted molar refractivity (Wildman–Crippen MR) is 91.3 cm³/mol. The van der Waals surface area contributed by atoms with Gasteiger partial charge >= 0.3 is 0 Å². The first-order valence-electron chi connectivity index (χ1n) is 6.98. The normalized spacial score (nSPS) is 11.6. The zero-order valence-electron chi connectivity index (χ0n) is 13.0. The summed E-state index contributed by atoms with van der Waals surface area (Å²) in [5.41, 5.74) is 2.54. The van der Waals surface area contributed by atoms with Gasteiger partial charge in [0.1, 0.15) is 4.21 Å². The summed E-state index contributed by atoms with van der Waals surface area (Å²) in [7, 11) is -3.63. The van der Waals surface area contributed by atoms with E-state index in [4.69, 9.17) is 4.42 Å². The smallest absolute Gasteiger partial charge is 0.271 e. The maximum atomic E-state index is 12.6. The van der Waals surface area contributed by atoms with Gasteiger partial charge in [0.2, 0.25) is 0 Å². The zero-order chi connectivity index (χ0) is 16.6. The number of thiophene rings is 1. The maximum Gasteiger partial charge on any atom is 0.271 e. The molecule has 0 aliphatic heterocycles. The van der Waals surface area contributed by atoms with Crippen molar-refractivity contribution in [1.82, 2.24) is 4.98 Å². The van der Waals surface area contributed by atoms with Crippen LogP contribution in [0.3, 0.4) is 0 Å². The quantitative estimate of drug-likeness (QED) is 0.769. The molecular weight excluding hydrogens is 332 g/mol. The van der Waals surface area contributed by atoms with Gasteiger partial charge in [-0.05, 0) is 43.2 Å². The Kier molecular flexibility index (Phi) is 3.99. The van der Waals surface area contributed by atoms with E-state index in [0.717, 1.165) is 27.3 Å². The van der Waals surface area contributed by atoms with E-state index in [1.165, 1.54) is 0 Å². The number of aromatic nitrogens is 1. The number of sulfonamides is 1. The molecule has 5 nitrogen and oxygen atoms in total. The lowest BCUT2D eigenvalue weighted by atomic mass is 10.1. The third-order valence-corrected chi connectivity index (χ3v) is 6.52. The topological polar surface area (TPSA) is 72.2 Å². The summed E-state index contributed by atoms with van der Waals surface area (Å²) >= 11 is 1.15. The number of rotatable bonds is 4. The monoisotopic (exact) mass is 348 g/mol. The van der Waals surface area contributed by atoms with Gasteiger partial charge in [-0.1, -0.05) is 12.1 Å². The molecule has 3 rings (SSSR count). The molecule has 3 aromatic rings. The van der Waals surface area contributed by atoms with Crippen LogP contribution in [0.15, 0.2) is 45.2 Å². The average molecular weight is 348 g/mol. The minimum atomic E-state index is -3.63. The third kappa shape index (κ3) is 3.16. The van der Waals surface area contributed by atoms with Crippen molar-refractivity contribution in [3.8, 4) is 10.6 Å². The minimum Gasteiger partial charge on any atom is -0.440 e. The molecule has 0 fully saturated rings. The molecule has 7 heteroatoms. The summed E-state index contributed by atoms with van der Waals surface area (Å²) in [5, 5.41) is 0.